The summed E-state index contributed by atoms with van der Waals surface area (Å²) in [4.78, 5) is 0.0574. The van der Waals surface area contributed by atoms with Crippen molar-refractivity contribution in [1.29, 1.82) is 0 Å². The third kappa shape index (κ3) is 5.57. The van der Waals surface area contributed by atoms with E-state index in [1.165, 1.54) is 36.4 Å². The minimum absolute atomic E-state index is 0.0574. The van der Waals surface area contributed by atoms with Gasteiger partial charge in [0.25, 0.3) is 10.0 Å². The molecule has 0 saturated heterocycles. The summed E-state index contributed by atoms with van der Waals surface area (Å²) in [5, 5.41) is 0. The van der Waals surface area contributed by atoms with Gasteiger partial charge in [-0.05, 0) is 55.0 Å². The normalized spacial score (nSPS) is 11.4. The molecule has 0 unspecified atom stereocenters. The first-order valence-electron chi connectivity index (χ1n) is 7.62. The third-order valence-electron chi connectivity index (χ3n) is 3.33. The number of nitrogens with one attached hydrogen (secondary N) is 1. The average molecular weight is 387 g/mol. The van der Waals surface area contributed by atoms with Gasteiger partial charge in [-0.25, -0.2) is 8.42 Å². The monoisotopic (exact) mass is 387 g/mol. The van der Waals surface area contributed by atoms with Crippen LogP contribution in [0, 0.1) is 6.92 Å². The molecule has 0 saturated carbocycles. The molecule has 0 atom stereocenters. The van der Waals surface area contributed by atoms with Crippen LogP contribution in [0.15, 0.2) is 47.4 Å². The van der Waals surface area contributed by atoms with E-state index in [0.717, 1.165) is 0 Å². The zero-order valence-electron chi connectivity index (χ0n) is 14.2. The van der Waals surface area contributed by atoms with Crippen LogP contribution in [0.3, 0.4) is 0 Å². The van der Waals surface area contributed by atoms with Gasteiger partial charge in [0, 0.05) is 12.8 Å². The van der Waals surface area contributed by atoms with Crippen LogP contribution in [0.2, 0.25) is 0 Å². The Hall–Kier alpha value is -2.39. The Bertz CT molecular complexity index is 826. The molecule has 9 heteroatoms. The standard InChI is InChI=1S/C17H19F2NO5S/c1-12-11-15(7-8-16(12)24-10-9-23-2)26(21,22)20-13-3-5-14(6-4-13)25-17(18)19/h3-8,11,17,20H,9-10H2,1-2H3. The molecule has 0 heterocycles. The number of rotatable bonds is 9. The van der Waals surface area contributed by atoms with Crippen LogP contribution >= 0.6 is 0 Å². The number of anilines is 1. The smallest absolute Gasteiger partial charge is 0.387 e. The zero-order chi connectivity index (χ0) is 19.2. The highest BCUT2D eigenvalue weighted by Crippen LogP contribution is 2.24. The Morgan fingerprint density at radius 2 is 1.77 bits per heavy atom. The number of methoxy groups -OCH3 is 1. The Morgan fingerprint density at radius 3 is 2.35 bits per heavy atom. The quantitative estimate of drug-likeness (QED) is 0.668. The highest BCUT2D eigenvalue weighted by Gasteiger charge is 2.16. The van der Waals surface area contributed by atoms with Crippen molar-refractivity contribution < 1.29 is 31.4 Å². The fraction of sp³-hybridized carbons (Fsp3) is 0.294. The summed E-state index contributed by atoms with van der Waals surface area (Å²) < 4.78 is 66.2. The zero-order valence-corrected chi connectivity index (χ0v) is 15.1. The Labute approximate surface area is 150 Å². The first kappa shape index (κ1) is 19.9. The van der Waals surface area contributed by atoms with Crippen LogP contribution in [0.5, 0.6) is 11.5 Å². The van der Waals surface area contributed by atoms with Gasteiger partial charge in [0.2, 0.25) is 0 Å². The van der Waals surface area contributed by atoms with E-state index < -0.39 is 16.6 Å². The lowest BCUT2D eigenvalue weighted by Gasteiger charge is -2.12. The molecule has 0 aliphatic carbocycles. The summed E-state index contributed by atoms with van der Waals surface area (Å²) in [6.45, 7) is -0.427. The number of sulfonamides is 1. The minimum atomic E-state index is -3.83. The maximum atomic E-state index is 12.5. The lowest BCUT2D eigenvalue weighted by atomic mass is 10.2. The number of hydrogen-bond acceptors (Lipinski definition) is 5. The summed E-state index contributed by atoms with van der Waals surface area (Å²) in [6.07, 6.45) is 0. The summed E-state index contributed by atoms with van der Waals surface area (Å²) in [6, 6.07) is 9.66. The topological polar surface area (TPSA) is 73.9 Å². The number of halogens is 2. The fourth-order valence-corrected chi connectivity index (χ4v) is 3.25. The second kappa shape index (κ2) is 8.81. The predicted octanol–water partition coefficient (Wildman–Crippen LogP) is 3.42. The summed E-state index contributed by atoms with van der Waals surface area (Å²) in [5.74, 6) is 0.505. The van der Waals surface area contributed by atoms with Crippen LogP contribution in [0.25, 0.3) is 0 Å². The van der Waals surface area contributed by atoms with Gasteiger partial charge in [0.15, 0.2) is 0 Å². The van der Waals surface area contributed by atoms with E-state index in [1.807, 2.05) is 0 Å². The molecular weight excluding hydrogens is 368 g/mol. The van der Waals surface area contributed by atoms with Gasteiger partial charge < -0.3 is 14.2 Å². The van der Waals surface area contributed by atoms with E-state index in [-0.39, 0.29) is 16.3 Å². The molecule has 6 nitrogen and oxygen atoms in total. The van der Waals surface area contributed by atoms with Gasteiger partial charge >= 0.3 is 6.61 Å². The van der Waals surface area contributed by atoms with Gasteiger partial charge in [-0.3, -0.25) is 4.72 Å². The van der Waals surface area contributed by atoms with Gasteiger partial charge in [-0.2, -0.15) is 8.78 Å². The number of ether oxygens (including phenoxy) is 3. The predicted molar refractivity (Wildman–Crippen MR) is 92.4 cm³/mol. The van der Waals surface area contributed by atoms with Crippen molar-refractivity contribution in [3.63, 3.8) is 0 Å². The van der Waals surface area contributed by atoms with E-state index >= 15 is 0 Å². The molecule has 0 aliphatic heterocycles. The first-order valence-corrected chi connectivity index (χ1v) is 9.10. The lowest BCUT2D eigenvalue weighted by molar-refractivity contribution is -0.0498. The van der Waals surface area contributed by atoms with E-state index in [9.17, 15) is 17.2 Å². The van der Waals surface area contributed by atoms with Gasteiger partial charge in [0.1, 0.15) is 18.1 Å². The van der Waals surface area contributed by atoms with Crippen molar-refractivity contribution >= 4 is 15.7 Å². The minimum Gasteiger partial charge on any atom is -0.491 e. The van der Waals surface area contributed by atoms with E-state index in [2.05, 4.69) is 9.46 Å². The summed E-state index contributed by atoms with van der Waals surface area (Å²) >= 11 is 0. The SMILES string of the molecule is COCCOc1ccc(S(=O)(=O)Nc2ccc(OC(F)F)cc2)cc1C. The molecule has 0 aliphatic rings. The van der Waals surface area contributed by atoms with E-state index in [4.69, 9.17) is 9.47 Å². The molecular formula is C17H19F2NO5S. The van der Waals surface area contributed by atoms with Gasteiger partial charge in [-0.1, -0.05) is 0 Å². The summed E-state index contributed by atoms with van der Waals surface area (Å²) in [7, 11) is -2.27. The second-order valence-electron chi connectivity index (χ2n) is 5.28. The van der Waals surface area contributed by atoms with Crippen molar-refractivity contribution in [1.82, 2.24) is 0 Å². The third-order valence-corrected chi connectivity index (χ3v) is 4.71. The highest BCUT2D eigenvalue weighted by atomic mass is 32.2. The van der Waals surface area contributed by atoms with Crippen LogP contribution in [-0.4, -0.2) is 35.4 Å². The Balaban J connectivity index is 2.10. The molecule has 0 amide bonds. The summed E-state index contributed by atoms with van der Waals surface area (Å²) in [5.41, 5.74) is 0.884. The van der Waals surface area contributed by atoms with E-state index in [1.54, 1.807) is 20.1 Å². The maximum Gasteiger partial charge on any atom is 0.387 e. The molecule has 0 spiro atoms. The van der Waals surface area contributed by atoms with Gasteiger partial charge in [-0.15, -0.1) is 0 Å². The molecule has 2 aromatic carbocycles. The largest absolute Gasteiger partial charge is 0.491 e. The van der Waals surface area contributed by atoms with Crippen molar-refractivity contribution in [2.75, 3.05) is 25.0 Å². The molecule has 0 radical (unpaired) electrons. The van der Waals surface area contributed by atoms with E-state index in [0.29, 0.717) is 24.5 Å². The van der Waals surface area contributed by atoms with Crippen molar-refractivity contribution in [2.45, 2.75) is 18.4 Å². The average Bonchev–Trinajstić information content (AvgIpc) is 2.57. The van der Waals surface area contributed by atoms with Crippen molar-refractivity contribution in [3.8, 4) is 11.5 Å². The number of aryl methyl sites for hydroxylation is 1. The number of hydrogen-bond donors (Lipinski definition) is 1. The van der Waals surface area contributed by atoms with Crippen LogP contribution < -0.4 is 14.2 Å². The van der Waals surface area contributed by atoms with Crippen LogP contribution in [-0.2, 0) is 14.8 Å². The van der Waals surface area contributed by atoms with Gasteiger partial charge in [0.05, 0.1) is 11.5 Å². The molecule has 2 rings (SSSR count). The van der Waals surface area contributed by atoms with Crippen LogP contribution in [0.1, 0.15) is 5.56 Å². The molecule has 1 N–H and O–H groups in total. The second-order valence-corrected chi connectivity index (χ2v) is 6.96. The molecule has 0 bridgehead atoms. The van der Waals surface area contributed by atoms with Crippen LogP contribution in [0.4, 0.5) is 14.5 Å². The van der Waals surface area contributed by atoms with Crippen molar-refractivity contribution in [3.05, 3.63) is 48.0 Å². The fourth-order valence-electron chi connectivity index (χ4n) is 2.10. The Kier molecular flexibility index (Phi) is 6.76. The number of benzene rings is 2. The highest BCUT2D eigenvalue weighted by molar-refractivity contribution is 7.92. The molecule has 2 aromatic rings. The molecule has 26 heavy (non-hydrogen) atoms. The molecule has 0 fully saturated rings. The maximum absolute atomic E-state index is 12.5. The molecule has 0 aromatic heterocycles. The first-order chi connectivity index (χ1) is 12.3. The Morgan fingerprint density at radius 1 is 1.08 bits per heavy atom. The molecule has 142 valence electrons. The lowest BCUT2D eigenvalue weighted by Crippen LogP contribution is -2.13. The van der Waals surface area contributed by atoms with Crippen molar-refractivity contribution in [2.24, 2.45) is 0 Å². The number of alkyl halides is 2.